The molecule has 156 valence electrons. The molecule has 0 aliphatic carbocycles. The molecule has 0 saturated carbocycles. The van der Waals surface area contributed by atoms with Gasteiger partial charge in [-0.2, -0.15) is 0 Å². The maximum atomic E-state index is 13.1. The Morgan fingerprint density at radius 3 is 2.06 bits per heavy atom. The average Bonchev–Trinajstić information content (AvgIpc) is 3.21. The highest BCUT2D eigenvalue weighted by atomic mass is 16.7. The number of rotatable bonds is 2. The van der Waals surface area contributed by atoms with Crippen LogP contribution in [0.15, 0.2) is 94.1 Å². The number of fused-ring (bicyclic) bond motifs is 4. The van der Waals surface area contributed by atoms with E-state index < -0.39 is 11.2 Å². The number of phenols is 2. The van der Waals surface area contributed by atoms with Gasteiger partial charge < -0.3 is 24.1 Å². The van der Waals surface area contributed by atoms with E-state index in [4.69, 9.17) is 13.9 Å². The first kappa shape index (κ1) is 18.3. The Bertz CT molecular complexity index is 1520. The van der Waals surface area contributed by atoms with Gasteiger partial charge in [0.1, 0.15) is 22.5 Å². The van der Waals surface area contributed by atoms with Crippen LogP contribution in [-0.2, 0) is 5.79 Å². The van der Waals surface area contributed by atoms with Crippen molar-refractivity contribution in [2.75, 3.05) is 0 Å². The van der Waals surface area contributed by atoms with Crippen LogP contribution in [0.25, 0.3) is 21.9 Å². The van der Waals surface area contributed by atoms with Crippen LogP contribution in [-0.4, -0.2) is 10.2 Å². The molecule has 1 aliphatic heterocycles. The van der Waals surface area contributed by atoms with Crippen molar-refractivity contribution in [2.24, 2.45) is 0 Å². The first-order valence-electron chi connectivity index (χ1n) is 10.0. The van der Waals surface area contributed by atoms with Crippen molar-refractivity contribution in [3.8, 4) is 23.0 Å². The summed E-state index contributed by atoms with van der Waals surface area (Å²) in [4.78, 5) is 13.1. The summed E-state index contributed by atoms with van der Waals surface area (Å²) in [6, 6.07) is 24.7. The molecule has 6 heteroatoms. The number of phenolic OH excluding ortho intramolecular Hbond substituents is 2. The van der Waals surface area contributed by atoms with E-state index in [0.717, 1.165) is 17.2 Å². The number of benzene rings is 4. The first-order chi connectivity index (χ1) is 15.6. The summed E-state index contributed by atoms with van der Waals surface area (Å²) in [7, 11) is 0. The van der Waals surface area contributed by atoms with Gasteiger partial charge in [0.15, 0.2) is 11.3 Å². The topological polar surface area (TPSA) is 89.1 Å². The van der Waals surface area contributed by atoms with Crippen molar-refractivity contribution in [3.05, 3.63) is 106 Å². The molecule has 0 unspecified atom stereocenters. The Morgan fingerprint density at radius 1 is 0.750 bits per heavy atom. The fourth-order valence-corrected chi connectivity index (χ4v) is 4.18. The monoisotopic (exact) mass is 424 g/mol. The van der Waals surface area contributed by atoms with Gasteiger partial charge in [-0.15, -0.1) is 0 Å². The summed E-state index contributed by atoms with van der Waals surface area (Å²) in [5.74, 6) is -1.15. The molecular weight excluding hydrogens is 408 g/mol. The molecule has 32 heavy (non-hydrogen) atoms. The van der Waals surface area contributed by atoms with Gasteiger partial charge in [-0.3, -0.25) is 4.79 Å². The molecule has 0 radical (unpaired) electrons. The smallest absolute Gasteiger partial charge is 0.305 e. The van der Waals surface area contributed by atoms with Crippen molar-refractivity contribution < 1.29 is 24.1 Å². The molecule has 0 atom stereocenters. The van der Waals surface area contributed by atoms with Gasteiger partial charge in [0, 0.05) is 23.3 Å². The molecule has 0 amide bonds. The summed E-state index contributed by atoms with van der Waals surface area (Å²) in [6.07, 6.45) is 0. The fraction of sp³-hybridized carbons (Fsp3) is 0.0385. The Kier molecular flexibility index (Phi) is 3.74. The van der Waals surface area contributed by atoms with Gasteiger partial charge in [0.25, 0.3) is 0 Å². The number of hydrogen-bond acceptors (Lipinski definition) is 6. The van der Waals surface area contributed by atoms with Crippen LogP contribution >= 0.6 is 0 Å². The van der Waals surface area contributed by atoms with Gasteiger partial charge in [-0.05, 0) is 12.1 Å². The molecule has 5 aromatic rings. The van der Waals surface area contributed by atoms with Crippen molar-refractivity contribution >= 4 is 21.9 Å². The number of hydrogen-bond donors (Lipinski definition) is 2. The predicted molar refractivity (Wildman–Crippen MR) is 118 cm³/mol. The first-order valence-corrected chi connectivity index (χ1v) is 10.0. The van der Waals surface area contributed by atoms with Gasteiger partial charge in [0.05, 0.1) is 5.39 Å². The van der Waals surface area contributed by atoms with Crippen LogP contribution in [0.3, 0.4) is 0 Å². The summed E-state index contributed by atoms with van der Waals surface area (Å²) in [5, 5.41) is 20.3. The SMILES string of the molecule is O=c1c2ccc3c(c2oc2cc(O)cc(O)c12)OC(c1ccccc1)(c1ccccc1)O3. The molecule has 4 aromatic carbocycles. The van der Waals surface area contributed by atoms with Crippen molar-refractivity contribution in [1.82, 2.24) is 0 Å². The van der Waals surface area contributed by atoms with Gasteiger partial charge in [-0.1, -0.05) is 60.7 Å². The normalized spacial score (nSPS) is 14.1. The van der Waals surface area contributed by atoms with E-state index in [2.05, 4.69) is 0 Å². The molecule has 6 nitrogen and oxygen atoms in total. The summed E-state index contributed by atoms with van der Waals surface area (Å²) in [6.45, 7) is 0. The molecule has 1 aromatic heterocycles. The maximum Gasteiger partial charge on any atom is 0.305 e. The highest BCUT2D eigenvalue weighted by Gasteiger charge is 2.46. The minimum Gasteiger partial charge on any atom is -0.508 e. The Labute approximate surface area is 181 Å². The Balaban J connectivity index is 1.64. The second kappa shape index (κ2) is 6.52. The molecule has 2 N–H and O–H groups in total. The molecule has 0 spiro atoms. The van der Waals surface area contributed by atoms with Gasteiger partial charge >= 0.3 is 5.79 Å². The minimum absolute atomic E-state index is 0.00783. The van der Waals surface area contributed by atoms with Crippen LogP contribution in [0.2, 0.25) is 0 Å². The standard InChI is InChI=1S/C26H16O6/c27-17-13-19(28)22-21(14-17)30-24-18(23(22)29)11-12-20-25(24)32-26(31-20,15-7-3-1-4-8-15)16-9-5-2-6-10-16/h1-14,27-28H. The summed E-state index contributed by atoms with van der Waals surface area (Å²) >= 11 is 0. The van der Waals surface area contributed by atoms with E-state index in [-0.39, 0.29) is 39.2 Å². The molecule has 1 aliphatic rings. The fourth-order valence-electron chi connectivity index (χ4n) is 4.18. The third-order valence-electron chi connectivity index (χ3n) is 5.63. The molecular formula is C26H16O6. The van der Waals surface area contributed by atoms with Gasteiger partial charge in [0.2, 0.25) is 11.2 Å². The Morgan fingerprint density at radius 2 is 1.41 bits per heavy atom. The van der Waals surface area contributed by atoms with Gasteiger partial charge in [-0.25, -0.2) is 0 Å². The second-order valence-corrected chi connectivity index (χ2v) is 7.59. The predicted octanol–water partition coefficient (Wildman–Crippen LogP) is 5.03. The van der Waals surface area contributed by atoms with Crippen LogP contribution in [0.4, 0.5) is 0 Å². The number of ether oxygens (including phenoxy) is 2. The lowest BCUT2D eigenvalue weighted by molar-refractivity contribution is -0.0456. The van der Waals surface area contributed by atoms with Crippen molar-refractivity contribution in [1.29, 1.82) is 0 Å². The third kappa shape index (κ3) is 2.50. The molecule has 0 bridgehead atoms. The summed E-state index contributed by atoms with van der Waals surface area (Å²) < 4.78 is 18.8. The average molecular weight is 424 g/mol. The highest BCUT2D eigenvalue weighted by Crippen LogP contribution is 2.51. The lowest BCUT2D eigenvalue weighted by Gasteiger charge is -2.28. The minimum atomic E-state index is -1.27. The zero-order valence-corrected chi connectivity index (χ0v) is 16.6. The van der Waals surface area contributed by atoms with Crippen LogP contribution in [0, 0.1) is 0 Å². The van der Waals surface area contributed by atoms with Crippen molar-refractivity contribution in [3.63, 3.8) is 0 Å². The lowest BCUT2D eigenvalue weighted by atomic mass is 9.97. The quantitative estimate of drug-likeness (QED) is 0.387. The number of aromatic hydroxyl groups is 2. The highest BCUT2D eigenvalue weighted by molar-refractivity contribution is 5.97. The van der Waals surface area contributed by atoms with Crippen LogP contribution in [0.1, 0.15) is 11.1 Å². The van der Waals surface area contributed by atoms with Crippen LogP contribution in [0.5, 0.6) is 23.0 Å². The zero-order chi connectivity index (χ0) is 21.9. The summed E-state index contributed by atoms with van der Waals surface area (Å²) in [5.41, 5.74) is 1.35. The Hall–Kier alpha value is -4.45. The van der Waals surface area contributed by atoms with E-state index >= 15 is 0 Å². The molecule has 0 saturated heterocycles. The third-order valence-corrected chi connectivity index (χ3v) is 5.63. The van der Waals surface area contributed by atoms with E-state index in [0.29, 0.717) is 5.75 Å². The van der Waals surface area contributed by atoms with E-state index in [1.807, 2.05) is 60.7 Å². The zero-order valence-electron chi connectivity index (χ0n) is 16.6. The molecule has 0 fully saturated rings. The maximum absolute atomic E-state index is 13.1. The molecule has 2 heterocycles. The van der Waals surface area contributed by atoms with Crippen molar-refractivity contribution in [2.45, 2.75) is 5.79 Å². The largest absolute Gasteiger partial charge is 0.508 e. The second-order valence-electron chi connectivity index (χ2n) is 7.59. The molecule has 6 rings (SSSR count). The van der Waals surface area contributed by atoms with E-state index in [1.54, 1.807) is 12.1 Å². The van der Waals surface area contributed by atoms with Crippen LogP contribution < -0.4 is 14.9 Å². The van der Waals surface area contributed by atoms with E-state index in [1.165, 1.54) is 6.07 Å². The lowest BCUT2D eigenvalue weighted by Crippen LogP contribution is -2.36. The van der Waals surface area contributed by atoms with E-state index in [9.17, 15) is 15.0 Å².